The monoisotopic (exact) mass is 409 g/mol. The lowest BCUT2D eigenvalue weighted by atomic mass is 9.82. The van der Waals surface area contributed by atoms with Crippen molar-refractivity contribution in [2.24, 2.45) is 5.92 Å². The minimum atomic E-state index is -2.75. The van der Waals surface area contributed by atoms with Crippen LogP contribution in [0, 0.1) is 5.92 Å². The number of hydrogen-bond donors (Lipinski definition) is 0. The molecule has 2 bridgehead atoms. The maximum Gasteiger partial charge on any atom is 0.319 e. The number of nitrogens with zero attached hydrogens (tertiary/aromatic N) is 3. The molecule has 2 atom stereocenters. The Morgan fingerprint density at radius 3 is 2.53 bits per heavy atom. The number of likely N-dealkylation sites (tertiary alicyclic amines) is 1. The Kier molecular flexibility index (Phi) is 4.53. The third-order valence-electron chi connectivity index (χ3n) is 6.16. The molecule has 4 heterocycles. The number of amides is 1. The van der Waals surface area contributed by atoms with Gasteiger partial charge in [-0.15, -0.1) is 0 Å². The third-order valence-corrected chi connectivity index (χ3v) is 6.16. The first kappa shape index (κ1) is 18.8. The van der Waals surface area contributed by atoms with E-state index in [2.05, 4.69) is 0 Å². The van der Waals surface area contributed by atoms with Crippen LogP contribution in [0.25, 0.3) is 11.1 Å². The topological polar surface area (TPSA) is 47.2 Å². The van der Waals surface area contributed by atoms with Gasteiger partial charge in [-0.2, -0.15) is 8.78 Å². The lowest BCUT2D eigenvalue weighted by Gasteiger charge is -2.43. The van der Waals surface area contributed by atoms with Crippen molar-refractivity contribution in [3.63, 3.8) is 0 Å². The molecule has 1 amide bonds. The van der Waals surface area contributed by atoms with Crippen LogP contribution in [0.5, 0.6) is 0 Å². The Labute approximate surface area is 172 Å². The smallest absolute Gasteiger partial charge is 0.319 e. The summed E-state index contributed by atoms with van der Waals surface area (Å²) in [5, 5.41) is 0. The van der Waals surface area contributed by atoms with Crippen LogP contribution in [0.15, 0.2) is 65.6 Å². The van der Waals surface area contributed by atoms with Crippen LogP contribution in [-0.2, 0) is 6.54 Å². The minimum Gasteiger partial charge on any atom is -0.336 e. The van der Waals surface area contributed by atoms with Gasteiger partial charge in [0.15, 0.2) is 0 Å². The summed E-state index contributed by atoms with van der Waals surface area (Å²) in [6.45, 7) is -1.33. The van der Waals surface area contributed by atoms with Crippen molar-refractivity contribution < 1.29 is 13.6 Å². The number of rotatable bonds is 3. The van der Waals surface area contributed by atoms with Crippen molar-refractivity contribution in [3.8, 4) is 11.1 Å². The molecule has 0 N–H and O–H groups in total. The number of benzene rings is 1. The normalized spacial score (nSPS) is 20.3. The van der Waals surface area contributed by atoms with E-state index in [1.807, 2.05) is 41.0 Å². The van der Waals surface area contributed by atoms with Crippen molar-refractivity contribution in [2.75, 3.05) is 13.1 Å². The summed E-state index contributed by atoms with van der Waals surface area (Å²) in [6.07, 6.45) is 2.11. The molecule has 5 nitrogen and oxygen atoms in total. The molecule has 0 spiro atoms. The van der Waals surface area contributed by atoms with E-state index in [4.69, 9.17) is 0 Å². The quantitative estimate of drug-likeness (QED) is 0.657. The van der Waals surface area contributed by atoms with Gasteiger partial charge >= 0.3 is 6.55 Å². The van der Waals surface area contributed by atoms with E-state index >= 15 is 0 Å². The molecule has 2 aliphatic heterocycles. The van der Waals surface area contributed by atoms with Crippen LogP contribution in [0.1, 0.15) is 35.1 Å². The van der Waals surface area contributed by atoms with E-state index in [0.717, 1.165) is 23.2 Å². The van der Waals surface area contributed by atoms with Crippen molar-refractivity contribution >= 4 is 5.91 Å². The summed E-state index contributed by atoms with van der Waals surface area (Å²) in [4.78, 5) is 27.5. The largest absolute Gasteiger partial charge is 0.336 e. The molecule has 3 aromatic rings. The molecule has 7 heteroatoms. The lowest BCUT2D eigenvalue weighted by molar-refractivity contribution is 0.0477. The highest BCUT2D eigenvalue weighted by molar-refractivity contribution is 5.93. The number of piperidine rings is 1. The fourth-order valence-electron chi connectivity index (χ4n) is 4.83. The van der Waals surface area contributed by atoms with E-state index in [9.17, 15) is 18.4 Å². The predicted molar refractivity (Wildman–Crippen MR) is 109 cm³/mol. The van der Waals surface area contributed by atoms with Gasteiger partial charge in [-0.3, -0.25) is 14.2 Å². The Bertz CT molecular complexity index is 1150. The maximum absolute atomic E-state index is 13.2. The van der Waals surface area contributed by atoms with Crippen LogP contribution < -0.4 is 5.56 Å². The molecular formula is C23H21F2N3O2. The summed E-state index contributed by atoms with van der Waals surface area (Å²) in [6, 6.07) is 16.3. The van der Waals surface area contributed by atoms with Gasteiger partial charge in [-0.1, -0.05) is 30.3 Å². The number of aromatic nitrogens is 2. The van der Waals surface area contributed by atoms with Crippen molar-refractivity contribution in [1.29, 1.82) is 0 Å². The molecule has 0 unspecified atom stereocenters. The number of carbonyl (C=O) groups is 1. The second-order valence-electron chi connectivity index (χ2n) is 8.07. The number of pyridine rings is 1. The Morgan fingerprint density at radius 1 is 0.967 bits per heavy atom. The SMILES string of the molecule is O=C(c1cccn1C(F)F)N1C[C@@H]2C[C@H](C1)c1cc(-c3ccccc3)cc(=O)n1C2. The van der Waals surface area contributed by atoms with E-state index < -0.39 is 6.55 Å². The number of carbonyl (C=O) groups excluding carboxylic acids is 1. The van der Waals surface area contributed by atoms with Crippen molar-refractivity contribution in [1.82, 2.24) is 14.0 Å². The average Bonchev–Trinajstić information content (AvgIpc) is 3.24. The highest BCUT2D eigenvalue weighted by Gasteiger charge is 2.37. The molecule has 1 aromatic carbocycles. The van der Waals surface area contributed by atoms with Gasteiger partial charge in [0.2, 0.25) is 0 Å². The van der Waals surface area contributed by atoms with E-state index in [0.29, 0.717) is 24.2 Å². The zero-order chi connectivity index (χ0) is 20.8. The molecule has 5 rings (SSSR count). The molecule has 0 radical (unpaired) electrons. The van der Waals surface area contributed by atoms with Crippen LogP contribution in [0.4, 0.5) is 8.78 Å². The van der Waals surface area contributed by atoms with Crippen molar-refractivity contribution in [2.45, 2.75) is 25.4 Å². The number of fused-ring (bicyclic) bond motifs is 4. The zero-order valence-electron chi connectivity index (χ0n) is 16.2. The minimum absolute atomic E-state index is 0.000371. The fraction of sp³-hybridized carbons (Fsp3) is 0.304. The number of halogens is 2. The second-order valence-corrected chi connectivity index (χ2v) is 8.07. The molecule has 1 saturated heterocycles. The molecule has 2 aromatic heterocycles. The van der Waals surface area contributed by atoms with Gasteiger partial charge in [-0.05, 0) is 41.7 Å². The number of alkyl halides is 2. The molecule has 2 aliphatic rings. The van der Waals surface area contributed by atoms with E-state index in [1.54, 1.807) is 11.0 Å². The maximum atomic E-state index is 13.2. The standard InChI is InChI=1S/C23H21F2N3O2/c24-23(25)27-8-4-7-19(27)22(30)26-12-15-9-18(14-26)20-10-17(11-21(29)28(20)13-15)16-5-2-1-3-6-16/h1-8,10-11,15,18,23H,9,12-14H2/t15-,18+/m0/s1. The number of hydrogen-bond acceptors (Lipinski definition) is 2. The zero-order valence-corrected chi connectivity index (χ0v) is 16.2. The third kappa shape index (κ3) is 3.14. The van der Waals surface area contributed by atoms with Gasteiger partial charge in [0.1, 0.15) is 5.69 Å². The van der Waals surface area contributed by atoms with Gasteiger partial charge in [0.05, 0.1) is 0 Å². The van der Waals surface area contributed by atoms with Gasteiger partial charge < -0.3 is 9.47 Å². The molecule has 154 valence electrons. The van der Waals surface area contributed by atoms with Gasteiger partial charge in [0, 0.05) is 43.5 Å². The second kappa shape index (κ2) is 7.23. The van der Waals surface area contributed by atoms with E-state index in [1.165, 1.54) is 18.3 Å². The molecule has 0 aliphatic carbocycles. The highest BCUT2D eigenvalue weighted by Crippen LogP contribution is 2.37. The van der Waals surface area contributed by atoms with Crippen LogP contribution >= 0.6 is 0 Å². The molecule has 1 fully saturated rings. The Hall–Kier alpha value is -3.22. The average molecular weight is 409 g/mol. The van der Waals surface area contributed by atoms with Crippen molar-refractivity contribution in [3.05, 3.63) is 82.5 Å². The summed E-state index contributed by atoms with van der Waals surface area (Å²) in [5.41, 5.74) is 2.71. The summed E-state index contributed by atoms with van der Waals surface area (Å²) >= 11 is 0. The van der Waals surface area contributed by atoms with Gasteiger partial charge in [0.25, 0.3) is 11.5 Å². The Balaban J connectivity index is 1.48. The highest BCUT2D eigenvalue weighted by atomic mass is 19.3. The summed E-state index contributed by atoms with van der Waals surface area (Å²) < 4.78 is 29.0. The van der Waals surface area contributed by atoms with Crippen LogP contribution in [0.3, 0.4) is 0 Å². The lowest BCUT2D eigenvalue weighted by Crippen LogP contribution is -2.49. The van der Waals surface area contributed by atoms with E-state index in [-0.39, 0.29) is 29.0 Å². The fourth-order valence-corrected chi connectivity index (χ4v) is 4.83. The molecule has 30 heavy (non-hydrogen) atoms. The first-order chi connectivity index (χ1) is 14.5. The summed E-state index contributed by atoms with van der Waals surface area (Å²) in [5.74, 6) is -0.242. The predicted octanol–water partition coefficient (Wildman–Crippen LogP) is 3.97. The van der Waals surface area contributed by atoms with Gasteiger partial charge in [-0.25, -0.2) is 0 Å². The Morgan fingerprint density at radius 2 is 1.77 bits per heavy atom. The molecule has 0 saturated carbocycles. The molecular weight excluding hydrogens is 388 g/mol. The first-order valence-electron chi connectivity index (χ1n) is 10.1. The van der Waals surface area contributed by atoms with Crippen LogP contribution in [-0.4, -0.2) is 33.0 Å². The first-order valence-corrected chi connectivity index (χ1v) is 10.1. The van der Waals surface area contributed by atoms with Crippen LogP contribution in [0.2, 0.25) is 0 Å². The summed E-state index contributed by atoms with van der Waals surface area (Å²) in [7, 11) is 0.